The summed E-state index contributed by atoms with van der Waals surface area (Å²) in [4.78, 5) is 18.1. The number of carbonyl (C=O) groups is 1. The second-order valence-electron chi connectivity index (χ2n) is 10.7. The predicted molar refractivity (Wildman–Crippen MR) is 146 cm³/mol. The van der Waals surface area contributed by atoms with Crippen LogP contribution in [0.5, 0.6) is 0 Å². The van der Waals surface area contributed by atoms with Gasteiger partial charge in [0, 0.05) is 31.2 Å². The molecule has 3 atom stereocenters. The molecule has 2 saturated heterocycles. The SMILES string of the molecule is C=C(CN1CC(CCCCC)N2NC(c3ccc(C)cc3)C=C2C1=O)N1CCC(c2ccccc2)C1. The number of likely N-dealkylation sites (tertiary alicyclic amines) is 1. The molecule has 2 fully saturated rings. The van der Waals surface area contributed by atoms with Crippen LogP contribution >= 0.6 is 0 Å². The summed E-state index contributed by atoms with van der Waals surface area (Å²) in [6, 6.07) is 19.7. The van der Waals surface area contributed by atoms with Gasteiger partial charge in [-0.3, -0.25) is 9.80 Å². The van der Waals surface area contributed by atoms with Crippen LogP contribution in [0.25, 0.3) is 0 Å². The first-order valence-corrected chi connectivity index (χ1v) is 13.6. The number of unbranched alkanes of at least 4 members (excludes halogenated alkanes) is 2. The molecule has 1 N–H and O–H groups in total. The first kappa shape index (κ1) is 24.6. The van der Waals surface area contributed by atoms with Crippen LogP contribution in [0.2, 0.25) is 0 Å². The fraction of sp³-hybridized carbons (Fsp3) is 0.452. The number of aryl methyl sites for hydroxylation is 1. The van der Waals surface area contributed by atoms with Crippen LogP contribution in [0.4, 0.5) is 0 Å². The predicted octanol–water partition coefficient (Wildman–Crippen LogP) is 5.53. The van der Waals surface area contributed by atoms with E-state index in [-0.39, 0.29) is 18.0 Å². The normalized spacial score (nSPS) is 23.7. The third-order valence-electron chi connectivity index (χ3n) is 8.02. The molecule has 36 heavy (non-hydrogen) atoms. The lowest BCUT2D eigenvalue weighted by Crippen LogP contribution is -2.57. The molecular weight excluding hydrogens is 444 g/mol. The summed E-state index contributed by atoms with van der Waals surface area (Å²) < 4.78 is 0. The van der Waals surface area contributed by atoms with Crippen LogP contribution in [-0.4, -0.2) is 52.9 Å². The highest BCUT2D eigenvalue weighted by Gasteiger charge is 2.41. The zero-order valence-corrected chi connectivity index (χ0v) is 21.8. The van der Waals surface area contributed by atoms with E-state index in [0.717, 1.165) is 43.9 Å². The molecule has 0 bridgehead atoms. The lowest BCUT2D eigenvalue weighted by atomic mass is 9.99. The minimum atomic E-state index is 0.0339. The van der Waals surface area contributed by atoms with Crippen molar-refractivity contribution in [2.45, 2.75) is 64.0 Å². The highest BCUT2D eigenvalue weighted by atomic mass is 16.2. The fourth-order valence-electron chi connectivity index (χ4n) is 5.85. The van der Waals surface area contributed by atoms with Crippen molar-refractivity contribution in [1.29, 1.82) is 0 Å². The summed E-state index contributed by atoms with van der Waals surface area (Å²) in [5, 5.41) is 2.17. The van der Waals surface area contributed by atoms with Gasteiger partial charge in [0.2, 0.25) is 0 Å². The molecule has 0 aliphatic carbocycles. The van der Waals surface area contributed by atoms with Gasteiger partial charge in [-0.15, -0.1) is 0 Å². The average molecular weight is 485 g/mol. The number of nitrogens with one attached hydrogen (secondary N) is 1. The quantitative estimate of drug-likeness (QED) is 0.475. The van der Waals surface area contributed by atoms with Crippen molar-refractivity contribution in [2.75, 3.05) is 26.2 Å². The maximum atomic E-state index is 13.7. The Morgan fingerprint density at radius 1 is 1.03 bits per heavy atom. The Balaban J connectivity index is 1.29. The summed E-state index contributed by atoms with van der Waals surface area (Å²) in [6.45, 7) is 12.1. The monoisotopic (exact) mass is 484 g/mol. The molecule has 0 radical (unpaired) electrons. The van der Waals surface area contributed by atoms with E-state index in [2.05, 4.69) is 96.4 Å². The van der Waals surface area contributed by atoms with Gasteiger partial charge in [0.05, 0.1) is 18.6 Å². The van der Waals surface area contributed by atoms with Crippen LogP contribution < -0.4 is 5.43 Å². The number of hydrogen-bond donors (Lipinski definition) is 1. The number of rotatable bonds is 9. The summed E-state index contributed by atoms with van der Waals surface area (Å²) in [5.74, 6) is 0.651. The Bertz CT molecular complexity index is 1090. The summed E-state index contributed by atoms with van der Waals surface area (Å²) in [7, 11) is 0. The topological polar surface area (TPSA) is 38.8 Å². The number of benzene rings is 2. The molecule has 3 unspecified atom stereocenters. The number of hydrogen-bond acceptors (Lipinski definition) is 4. The van der Waals surface area contributed by atoms with Crippen molar-refractivity contribution < 1.29 is 4.79 Å². The van der Waals surface area contributed by atoms with Gasteiger partial charge in [-0.25, -0.2) is 5.43 Å². The molecule has 0 spiro atoms. The van der Waals surface area contributed by atoms with Gasteiger partial charge in [-0.05, 0) is 37.0 Å². The van der Waals surface area contributed by atoms with Gasteiger partial charge in [0.1, 0.15) is 5.70 Å². The van der Waals surface area contributed by atoms with Crippen molar-refractivity contribution in [3.8, 4) is 0 Å². The fourth-order valence-corrected chi connectivity index (χ4v) is 5.85. The van der Waals surface area contributed by atoms with E-state index in [4.69, 9.17) is 0 Å². The Hall–Kier alpha value is -3.05. The Kier molecular flexibility index (Phi) is 7.47. The van der Waals surface area contributed by atoms with E-state index < -0.39 is 0 Å². The first-order chi connectivity index (χ1) is 17.5. The van der Waals surface area contributed by atoms with E-state index in [1.165, 1.54) is 36.0 Å². The molecule has 190 valence electrons. The number of carbonyl (C=O) groups excluding carboxylic acids is 1. The molecule has 1 amide bonds. The van der Waals surface area contributed by atoms with Crippen molar-refractivity contribution in [3.63, 3.8) is 0 Å². The first-order valence-electron chi connectivity index (χ1n) is 13.6. The van der Waals surface area contributed by atoms with Gasteiger partial charge >= 0.3 is 0 Å². The molecule has 0 aromatic heterocycles. The molecule has 3 aliphatic heterocycles. The molecule has 3 heterocycles. The molecule has 5 nitrogen and oxygen atoms in total. The number of piperazine rings is 1. The Labute approximate surface area is 216 Å². The zero-order chi connectivity index (χ0) is 25.1. The van der Waals surface area contributed by atoms with Gasteiger partial charge < -0.3 is 9.80 Å². The minimum absolute atomic E-state index is 0.0339. The van der Waals surface area contributed by atoms with Crippen LogP contribution in [-0.2, 0) is 4.79 Å². The van der Waals surface area contributed by atoms with Gasteiger partial charge in [-0.2, -0.15) is 0 Å². The van der Waals surface area contributed by atoms with E-state index in [9.17, 15) is 4.79 Å². The lowest BCUT2D eigenvalue weighted by molar-refractivity contribution is -0.134. The van der Waals surface area contributed by atoms with E-state index in [0.29, 0.717) is 12.5 Å². The van der Waals surface area contributed by atoms with Crippen molar-refractivity contribution in [3.05, 3.63) is 95.3 Å². The number of nitrogens with zero attached hydrogens (tertiary/aromatic N) is 3. The number of fused-ring (bicyclic) bond motifs is 1. The van der Waals surface area contributed by atoms with Crippen LogP contribution in [0, 0.1) is 6.92 Å². The molecule has 3 aliphatic rings. The summed E-state index contributed by atoms with van der Waals surface area (Å²) in [5.41, 5.74) is 9.35. The summed E-state index contributed by atoms with van der Waals surface area (Å²) >= 11 is 0. The Morgan fingerprint density at radius 3 is 2.56 bits per heavy atom. The molecular formula is C31H40N4O. The van der Waals surface area contributed by atoms with Crippen LogP contribution in [0.1, 0.15) is 67.7 Å². The second-order valence-corrected chi connectivity index (χ2v) is 10.7. The smallest absolute Gasteiger partial charge is 0.271 e. The molecule has 5 rings (SSSR count). The number of amides is 1. The lowest BCUT2D eigenvalue weighted by Gasteiger charge is -2.42. The highest BCUT2D eigenvalue weighted by molar-refractivity contribution is 5.94. The molecule has 2 aromatic rings. The third-order valence-corrected chi connectivity index (χ3v) is 8.02. The van der Waals surface area contributed by atoms with Gasteiger partial charge in [0.25, 0.3) is 5.91 Å². The maximum Gasteiger partial charge on any atom is 0.271 e. The van der Waals surface area contributed by atoms with E-state index in [1.54, 1.807) is 0 Å². The standard InChI is InChI=1S/C31H40N4O/c1-4-5-7-12-28-22-34(20-24(3)33-18-17-27(21-33)25-10-8-6-9-11-25)31(36)30-19-29(32-35(28)30)26-15-13-23(2)14-16-26/h6,8-11,13-16,19,27-29,32H,3-5,7,12,17-18,20-22H2,1-2H3. The molecule has 2 aromatic carbocycles. The minimum Gasteiger partial charge on any atom is -0.373 e. The second kappa shape index (κ2) is 10.9. The van der Waals surface area contributed by atoms with Crippen LogP contribution in [0.15, 0.2) is 78.6 Å². The Morgan fingerprint density at radius 2 is 1.81 bits per heavy atom. The van der Waals surface area contributed by atoms with Crippen molar-refractivity contribution in [1.82, 2.24) is 20.2 Å². The van der Waals surface area contributed by atoms with Crippen LogP contribution in [0.3, 0.4) is 0 Å². The highest BCUT2D eigenvalue weighted by Crippen LogP contribution is 2.34. The maximum absolute atomic E-state index is 13.7. The van der Waals surface area contributed by atoms with Crippen molar-refractivity contribution in [2.24, 2.45) is 0 Å². The molecule has 5 heteroatoms. The summed E-state index contributed by atoms with van der Waals surface area (Å²) in [6.07, 6.45) is 7.93. The zero-order valence-electron chi connectivity index (χ0n) is 21.8. The third kappa shape index (κ3) is 5.22. The van der Waals surface area contributed by atoms with E-state index >= 15 is 0 Å². The average Bonchev–Trinajstić information content (AvgIpc) is 3.56. The van der Waals surface area contributed by atoms with Gasteiger partial charge in [-0.1, -0.05) is 92.9 Å². The van der Waals surface area contributed by atoms with E-state index in [1.807, 2.05) is 4.90 Å². The largest absolute Gasteiger partial charge is 0.373 e. The number of hydrazine groups is 1. The molecule has 0 saturated carbocycles. The van der Waals surface area contributed by atoms with Crippen molar-refractivity contribution >= 4 is 5.91 Å². The van der Waals surface area contributed by atoms with Gasteiger partial charge in [0.15, 0.2) is 0 Å².